The zero-order valence-electron chi connectivity index (χ0n) is 10.8. The molecule has 2 aromatic rings. The Bertz CT molecular complexity index is 546. The van der Waals surface area contributed by atoms with E-state index in [-0.39, 0.29) is 0 Å². The van der Waals surface area contributed by atoms with Crippen LogP contribution < -0.4 is 0 Å². The molecule has 1 aliphatic rings. The highest BCUT2D eigenvalue weighted by Crippen LogP contribution is 2.33. The second-order valence-corrected chi connectivity index (χ2v) is 6.53. The first-order valence-electron chi connectivity index (χ1n) is 6.80. The first kappa shape index (κ1) is 12.2. The number of para-hydroxylation sites is 1. The average Bonchev–Trinajstić information content (AvgIpc) is 2.70. The van der Waals surface area contributed by atoms with E-state index in [4.69, 9.17) is 5.10 Å². The van der Waals surface area contributed by atoms with Gasteiger partial charge in [-0.1, -0.05) is 47.0 Å². The van der Waals surface area contributed by atoms with E-state index in [1.165, 1.54) is 42.3 Å². The van der Waals surface area contributed by atoms with E-state index in [2.05, 4.69) is 40.2 Å². The summed E-state index contributed by atoms with van der Waals surface area (Å²) in [5, 5.41) is 6.04. The van der Waals surface area contributed by atoms with Gasteiger partial charge in [0.2, 0.25) is 0 Å². The van der Waals surface area contributed by atoms with Crippen LogP contribution in [0.25, 0.3) is 10.9 Å². The Morgan fingerprint density at radius 3 is 2.89 bits per heavy atom. The van der Waals surface area contributed by atoms with Crippen LogP contribution in [0.5, 0.6) is 0 Å². The fourth-order valence-electron chi connectivity index (χ4n) is 3.08. The van der Waals surface area contributed by atoms with E-state index in [0.29, 0.717) is 4.83 Å². The third-order valence-electron chi connectivity index (χ3n) is 4.11. The molecule has 1 aromatic carbocycles. The van der Waals surface area contributed by atoms with Crippen molar-refractivity contribution in [2.75, 3.05) is 0 Å². The number of alkyl halides is 1. The van der Waals surface area contributed by atoms with E-state index in [9.17, 15) is 0 Å². The fraction of sp³-hybridized carbons (Fsp3) is 0.533. The number of hydrogen-bond acceptors (Lipinski definition) is 1. The van der Waals surface area contributed by atoms with E-state index in [0.717, 1.165) is 12.3 Å². The lowest BCUT2D eigenvalue weighted by Gasteiger charge is -2.26. The van der Waals surface area contributed by atoms with Crippen molar-refractivity contribution in [3.63, 3.8) is 0 Å². The van der Waals surface area contributed by atoms with Crippen LogP contribution in [0, 0.1) is 5.92 Å². The minimum atomic E-state index is 0.673. The van der Waals surface area contributed by atoms with Gasteiger partial charge in [-0.3, -0.25) is 4.68 Å². The maximum atomic E-state index is 4.71. The molecule has 0 spiro atoms. The van der Waals surface area contributed by atoms with Gasteiger partial charge in [-0.15, -0.1) is 0 Å². The zero-order chi connectivity index (χ0) is 12.5. The lowest BCUT2D eigenvalue weighted by atomic mass is 9.85. The summed E-state index contributed by atoms with van der Waals surface area (Å²) in [5.41, 5.74) is 2.51. The molecule has 1 aliphatic carbocycles. The van der Waals surface area contributed by atoms with Crippen molar-refractivity contribution in [3.8, 4) is 0 Å². The third kappa shape index (κ3) is 2.20. The Hall–Kier alpha value is -0.830. The Morgan fingerprint density at radius 2 is 2.06 bits per heavy atom. The smallest absolute Gasteiger partial charge is 0.0706 e. The molecule has 1 saturated carbocycles. The standard InChI is InChI=1S/C15H19BrN2/c1-18-15-9-5-3-7-12(15)14(17-18)10-11-6-2-4-8-13(11)16/h3,5,7,9,11,13H,2,4,6,8,10H2,1H3. The van der Waals surface area contributed by atoms with Crippen LogP contribution in [0.3, 0.4) is 0 Å². The number of halogens is 1. The molecule has 1 aromatic heterocycles. The SMILES string of the molecule is Cn1nc(CC2CCCCC2Br)c2ccccc21. The Morgan fingerprint density at radius 1 is 1.28 bits per heavy atom. The van der Waals surface area contributed by atoms with Crippen molar-refractivity contribution in [1.82, 2.24) is 9.78 Å². The first-order chi connectivity index (χ1) is 8.75. The van der Waals surface area contributed by atoms with Gasteiger partial charge in [0.1, 0.15) is 0 Å². The monoisotopic (exact) mass is 306 g/mol. The van der Waals surface area contributed by atoms with Crippen LogP contribution in [0.4, 0.5) is 0 Å². The predicted octanol–water partition coefficient (Wildman–Crippen LogP) is 4.07. The molecule has 96 valence electrons. The molecule has 0 aliphatic heterocycles. The van der Waals surface area contributed by atoms with Gasteiger partial charge in [-0.2, -0.15) is 5.10 Å². The molecule has 0 amide bonds. The van der Waals surface area contributed by atoms with Crippen molar-refractivity contribution in [2.24, 2.45) is 13.0 Å². The molecule has 2 atom stereocenters. The van der Waals surface area contributed by atoms with Gasteiger partial charge < -0.3 is 0 Å². The molecule has 3 rings (SSSR count). The van der Waals surface area contributed by atoms with Crippen LogP contribution >= 0.6 is 15.9 Å². The molecule has 0 radical (unpaired) electrons. The maximum absolute atomic E-state index is 4.71. The molecule has 18 heavy (non-hydrogen) atoms. The van der Waals surface area contributed by atoms with E-state index < -0.39 is 0 Å². The molecule has 1 fully saturated rings. The van der Waals surface area contributed by atoms with Gasteiger partial charge in [0, 0.05) is 17.3 Å². The molecule has 3 heteroatoms. The Labute approximate surface area is 117 Å². The second kappa shape index (κ2) is 5.04. The van der Waals surface area contributed by atoms with Crippen LogP contribution in [0.2, 0.25) is 0 Å². The lowest BCUT2D eigenvalue weighted by Crippen LogP contribution is -2.21. The second-order valence-electron chi connectivity index (χ2n) is 5.35. The van der Waals surface area contributed by atoms with Gasteiger partial charge in [0.25, 0.3) is 0 Å². The van der Waals surface area contributed by atoms with Crippen molar-refractivity contribution >= 4 is 26.8 Å². The molecule has 2 nitrogen and oxygen atoms in total. The normalized spacial score (nSPS) is 24.6. The number of nitrogens with zero attached hydrogens (tertiary/aromatic N) is 2. The largest absolute Gasteiger partial charge is 0.268 e. The summed E-state index contributed by atoms with van der Waals surface area (Å²) >= 11 is 3.85. The van der Waals surface area contributed by atoms with Gasteiger partial charge >= 0.3 is 0 Å². The van der Waals surface area contributed by atoms with Crippen LogP contribution in [-0.2, 0) is 13.5 Å². The van der Waals surface area contributed by atoms with Crippen molar-refractivity contribution in [1.29, 1.82) is 0 Å². The number of benzene rings is 1. The highest BCUT2D eigenvalue weighted by atomic mass is 79.9. The molecule has 0 bridgehead atoms. The average molecular weight is 307 g/mol. The summed E-state index contributed by atoms with van der Waals surface area (Å²) in [7, 11) is 2.04. The quantitative estimate of drug-likeness (QED) is 0.765. The fourth-order valence-corrected chi connectivity index (χ4v) is 3.86. The number of hydrogen-bond donors (Lipinski definition) is 0. The van der Waals surface area contributed by atoms with Gasteiger partial charge in [0.05, 0.1) is 11.2 Å². The third-order valence-corrected chi connectivity index (χ3v) is 5.31. The summed E-state index contributed by atoms with van der Waals surface area (Å²) in [6.07, 6.45) is 6.50. The van der Waals surface area contributed by atoms with Crippen molar-refractivity contribution in [3.05, 3.63) is 30.0 Å². The van der Waals surface area contributed by atoms with Gasteiger partial charge in [-0.25, -0.2) is 0 Å². The lowest BCUT2D eigenvalue weighted by molar-refractivity contribution is 0.370. The minimum absolute atomic E-state index is 0.673. The van der Waals surface area contributed by atoms with E-state index in [1.54, 1.807) is 0 Å². The number of aryl methyl sites for hydroxylation is 1. The molecular weight excluding hydrogens is 288 g/mol. The maximum Gasteiger partial charge on any atom is 0.0706 e. The van der Waals surface area contributed by atoms with Gasteiger partial charge in [0.15, 0.2) is 0 Å². The Kier molecular flexibility index (Phi) is 3.42. The highest BCUT2D eigenvalue weighted by molar-refractivity contribution is 9.09. The number of aromatic nitrogens is 2. The first-order valence-corrected chi connectivity index (χ1v) is 7.72. The van der Waals surface area contributed by atoms with Crippen LogP contribution in [0.1, 0.15) is 31.4 Å². The molecule has 1 heterocycles. The minimum Gasteiger partial charge on any atom is -0.268 e. The zero-order valence-corrected chi connectivity index (χ0v) is 12.4. The summed E-state index contributed by atoms with van der Waals surface area (Å²) in [5.74, 6) is 0.747. The van der Waals surface area contributed by atoms with Crippen LogP contribution in [-0.4, -0.2) is 14.6 Å². The predicted molar refractivity (Wildman–Crippen MR) is 79.1 cm³/mol. The summed E-state index contributed by atoms with van der Waals surface area (Å²) in [6, 6.07) is 8.55. The summed E-state index contributed by atoms with van der Waals surface area (Å²) in [4.78, 5) is 0.673. The van der Waals surface area contributed by atoms with Crippen LogP contribution in [0.15, 0.2) is 24.3 Å². The molecule has 0 saturated heterocycles. The van der Waals surface area contributed by atoms with Crippen molar-refractivity contribution in [2.45, 2.75) is 36.9 Å². The number of fused-ring (bicyclic) bond motifs is 1. The Balaban J connectivity index is 1.90. The highest BCUT2D eigenvalue weighted by Gasteiger charge is 2.24. The van der Waals surface area contributed by atoms with E-state index >= 15 is 0 Å². The van der Waals surface area contributed by atoms with Crippen molar-refractivity contribution < 1.29 is 0 Å². The molecule has 2 unspecified atom stereocenters. The van der Waals surface area contributed by atoms with Gasteiger partial charge in [-0.05, 0) is 31.2 Å². The number of rotatable bonds is 2. The topological polar surface area (TPSA) is 17.8 Å². The summed E-state index contributed by atoms with van der Waals surface area (Å²) in [6.45, 7) is 0. The molecular formula is C15H19BrN2. The summed E-state index contributed by atoms with van der Waals surface area (Å²) < 4.78 is 2.01. The van der Waals surface area contributed by atoms with E-state index in [1.807, 2.05) is 11.7 Å². The molecule has 0 N–H and O–H groups in total.